The van der Waals surface area contributed by atoms with Gasteiger partial charge in [-0.15, -0.1) is 0 Å². The van der Waals surface area contributed by atoms with Gasteiger partial charge in [0.1, 0.15) is 0 Å². The van der Waals surface area contributed by atoms with Crippen LogP contribution in [0.15, 0.2) is 12.1 Å². The number of carboxylic acid groups (broad SMARTS) is 1. The summed E-state index contributed by atoms with van der Waals surface area (Å²) in [7, 11) is 1.53. The van der Waals surface area contributed by atoms with Crippen LogP contribution in [-0.2, 0) is 11.2 Å². The Balaban J connectivity index is 2.91. The van der Waals surface area contributed by atoms with Crippen LogP contribution in [0, 0.1) is 0 Å². The van der Waals surface area contributed by atoms with Crippen molar-refractivity contribution < 1.29 is 19.4 Å². The third kappa shape index (κ3) is 4.11. The van der Waals surface area contributed by atoms with E-state index in [1.54, 1.807) is 12.1 Å². The lowest BCUT2D eigenvalue weighted by Crippen LogP contribution is -2.01. The van der Waals surface area contributed by atoms with Crippen molar-refractivity contribution in [3.05, 3.63) is 22.7 Å². The van der Waals surface area contributed by atoms with E-state index in [1.807, 2.05) is 6.92 Å². The standard InChI is InChI=1S/C13H17ClO4/c1-3-6-18-13-10(14)7-9(4-5-12(15)16)8-11(13)17-2/h7-8H,3-6H2,1-2H3,(H,15,16). The van der Waals surface area contributed by atoms with E-state index in [2.05, 4.69) is 0 Å². The molecule has 0 fully saturated rings. The fourth-order valence-electron chi connectivity index (χ4n) is 1.51. The number of methoxy groups -OCH3 is 1. The lowest BCUT2D eigenvalue weighted by atomic mass is 10.1. The highest BCUT2D eigenvalue weighted by Gasteiger charge is 2.12. The van der Waals surface area contributed by atoms with Crippen LogP contribution < -0.4 is 9.47 Å². The molecule has 18 heavy (non-hydrogen) atoms. The molecule has 5 heteroatoms. The summed E-state index contributed by atoms with van der Waals surface area (Å²) < 4.78 is 10.7. The molecule has 0 saturated carbocycles. The Morgan fingerprint density at radius 3 is 2.72 bits per heavy atom. The first-order valence-electron chi connectivity index (χ1n) is 5.79. The second-order valence-corrected chi connectivity index (χ2v) is 4.26. The van der Waals surface area contributed by atoms with Gasteiger partial charge < -0.3 is 14.6 Å². The molecule has 0 aliphatic heterocycles. The second kappa shape index (κ2) is 7.11. The van der Waals surface area contributed by atoms with Crippen LogP contribution >= 0.6 is 11.6 Å². The maximum Gasteiger partial charge on any atom is 0.303 e. The molecular weight excluding hydrogens is 256 g/mol. The van der Waals surface area contributed by atoms with E-state index in [0.717, 1.165) is 12.0 Å². The highest BCUT2D eigenvalue weighted by atomic mass is 35.5. The first-order chi connectivity index (χ1) is 8.58. The van der Waals surface area contributed by atoms with Gasteiger partial charge in [-0.05, 0) is 30.5 Å². The molecular formula is C13H17ClO4. The van der Waals surface area contributed by atoms with Gasteiger partial charge in [-0.3, -0.25) is 4.79 Å². The molecule has 1 N–H and O–H groups in total. The largest absolute Gasteiger partial charge is 0.493 e. The summed E-state index contributed by atoms with van der Waals surface area (Å²) in [4.78, 5) is 10.5. The van der Waals surface area contributed by atoms with E-state index < -0.39 is 5.97 Å². The minimum absolute atomic E-state index is 0.0641. The van der Waals surface area contributed by atoms with Crippen LogP contribution in [0.25, 0.3) is 0 Å². The zero-order valence-corrected chi connectivity index (χ0v) is 11.3. The van der Waals surface area contributed by atoms with Crippen LogP contribution in [0.3, 0.4) is 0 Å². The summed E-state index contributed by atoms with van der Waals surface area (Å²) in [6.07, 6.45) is 1.36. The fourth-order valence-corrected chi connectivity index (χ4v) is 1.80. The number of halogens is 1. The topological polar surface area (TPSA) is 55.8 Å². The molecule has 0 radical (unpaired) electrons. The van der Waals surface area contributed by atoms with E-state index in [1.165, 1.54) is 7.11 Å². The molecule has 0 amide bonds. The van der Waals surface area contributed by atoms with Crippen LogP contribution in [0.4, 0.5) is 0 Å². The van der Waals surface area contributed by atoms with Gasteiger partial charge in [0.05, 0.1) is 18.7 Å². The monoisotopic (exact) mass is 272 g/mol. The zero-order valence-electron chi connectivity index (χ0n) is 10.5. The lowest BCUT2D eigenvalue weighted by Gasteiger charge is -2.13. The molecule has 0 atom stereocenters. The predicted molar refractivity (Wildman–Crippen MR) is 69.7 cm³/mol. The molecule has 0 aromatic heterocycles. The van der Waals surface area contributed by atoms with Gasteiger partial charge in [-0.25, -0.2) is 0 Å². The molecule has 1 aromatic rings. The van der Waals surface area contributed by atoms with Crippen molar-refractivity contribution in [1.29, 1.82) is 0 Å². The summed E-state index contributed by atoms with van der Waals surface area (Å²) in [6.45, 7) is 2.56. The van der Waals surface area contributed by atoms with Gasteiger partial charge in [-0.2, -0.15) is 0 Å². The van der Waals surface area contributed by atoms with E-state index in [9.17, 15) is 4.79 Å². The normalized spacial score (nSPS) is 10.2. The number of aryl methyl sites for hydroxylation is 1. The average molecular weight is 273 g/mol. The number of hydrogen-bond acceptors (Lipinski definition) is 3. The van der Waals surface area contributed by atoms with Gasteiger partial charge in [0.25, 0.3) is 0 Å². The van der Waals surface area contributed by atoms with E-state index in [0.29, 0.717) is 29.5 Å². The first-order valence-corrected chi connectivity index (χ1v) is 6.17. The Hall–Kier alpha value is -1.42. The van der Waals surface area contributed by atoms with Crippen molar-refractivity contribution in [3.8, 4) is 11.5 Å². The summed E-state index contributed by atoms with van der Waals surface area (Å²) in [5, 5.41) is 9.10. The third-order valence-corrected chi connectivity index (χ3v) is 2.65. The Morgan fingerprint density at radius 2 is 2.17 bits per heavy atom. The van der Waals surface area contributed by atoms with Crippen LogP contribution in [0.2, 0.25) is 5.02 Å². The summed E-state index contributed by atoms with van der Waals surface area (Å²) >= 11 is 6.11. The number of carboxylic acids is 1. The number of rotatable bonds is 7. The lowest BCUT2D eigenvalue weighted by molar-refractivity contribution is -0.136. The Labute approximate surface area is 111 Å². The highest BCUT2D eigenvalue weighted by Crippen LogP contribution is 2.36. The third-order valence-electron chi connectivity index (χ3n) is 2.37. The molecule has 4 nitrogen and oxygen atoms in total. The van der Waals surface area contributed by atoms with Crippen LogP contribution in [-0.4, -0.2) is 24.8 Å². The molecule has 0 saturated heterocycles. The number of hydrogen-bond donors (Lipinski definition) is 1. The molecule has 1 rings (SSSR count). The molecule has 0 aliphatic carbocycles. The first kappa shape index (κ1) is 14.6. The minimum atomic E-state index is -0.837. The molecule has 0 heterocycles. The molecule has 0 bridgehead atoms. The average Bonchev–Trinajstić information content (AvgIpc) is 2.34. The fraction of sp³-hybridized carbons (Fsp3) is 0.462. The smallest absolute Gasteiger partial charge is 0.303 e. The van der Waals surface area contributed by atoms with Gasteiger partial charge in [0, 0.05) is 6.42 Å². The van der Waals surface area contributed by atoms with Crippen molar-refractivity contribution in [2.45, 2.75) is 26.2 Å². The Kier molecular flexibility index (Phi) is 5.78. The minimum Gasteiger partial charge on any atom is -0.493 e. The Bertz CT molecular complexity index is 418. The van der Waals surface area contributed by atoms with Crippen molar-refractivity contribution in [2.75, 3.05) is 13.7 Å². The number of carbonyl (C=O) groups is 1. The summed E-state index contributed by atoms with van der Waals surface area (Å²) in [5.41, 5.74) is 0.822. The van der Waals surface area contributed by atoms with Crippen molar-refractivity contribution in [1.82, 2.24) is 0 Å². The number of aliphatic carboxylic acids is 1. The van der Waals surface area contributed by atoms with Gasteiger partial charge >= 0.3 is 5.97 Å². The number of ether oxygens (including phenoxy) is 2. The van der Waals surface area contributed by atoms with Crippen LogP contribution in [0.1, 0.15) is 25.3 Å². The van der Waals surface area contributed by atoms with E-state index >= 15 is 0 Å². The molecule has 1 aromatic carbocycles. The highest BCUT2D eigenvalue weighted by molar-refractivity contribution is 6.32. The zero-order chi connectivity index (χ0) is 13.5. The van der Waals surface area contributed by atoms with E-state index in [-0.39, 0.29) is 6.42 Å². The van der Waals surface area contributed by atoms with Gasteiger partial charge in [0.15, 0.2) is 11.5 Å². The van der Waals surface area contributed by atoms with Crippen molar-refractivity contribution >= 4 is 17.6 Å². The van der Waals surface area contributed by atoms with Gasteiger partial charge in [0.2, 0.25) is 0 Å². The molecule has 0 unspecified atom stereocenters. The summed E-state index contributed by atoms with van der Waals surface area (Å²) in [5.74, 6) is 0.216. The predicted octanol–water partition coefficient (Wildman–Crippen LogP) is 3.15. The maximum absolute atomic E-state index is 10.5. The molecule has 100 valence electrons. The molecule has 0 spiro atoms. The van der Waals surface area contributed by atoms with Gasteiger partial charge in [-0.1, -0.05) is 18.5 Å². The van der Waals surface area contributed by atoms with E-state index in [4.69, 9.17) is 26.2 Å². The summed E-state index contributed by atoms with van der Waals surface area (Å²) in [6, 6.07) is 3.48. The van der Waals surface area contributed by atoms with Crippen molar-refractivity contribution in [3.63, 3.8) is 0 Å². The quantitative estimate of drug-likeness (QED) is 0.828. The number of benzene rings is 1. The van der Waals surface area contributed by atoms with Crippen molar-refractivity contribution in [2.24, 2.45) is 0 Å². The SMILES string of the molecule is CCCOc1c(Cl)cc(CCC(=O)O)cc1OC. The maximum atomic E-state index is 10.5. The Morgan fingerprint density at radius 1 is 1.44 bits per heavy atom. The molecule has 0 aliphatic rings. The second-order valence-electron chi connectivity index (χ2n) is 3.85. The van der Waals surface area contributed by atoms with Crippen LogP contribution in [0.5, 0.6) is 11.5 Å².